The van der Waals surface area contributed by atoms with Crippen molar-refractivity contribution in [2.45, 2.75) is 38.3 Å². The number of benzene rings is 2. The van der Waals surface area contributed by atoms with Gasteiger partial charge in [-0.15, -0.1) is 10.2 Å². The summed E-state index contributed by atoms with van der Waals surface area (Å²) in [6.45, 7) is 1.60. The number of para-hydroxylation sites is 1. The van der Waals surface area contributed by atoms with E-state index < -0.39 is 0 Å². The monoisotopic (exact) mass is 391 g/mol. The van der Waals surface area contributed by atoms with Crippen LogP contribution in [0.15, 0.2) is 42.5 Å². The first-order chi connectivity index (χ1) is 14.2. The van der Waals surface area contributed by atoms with Crippen molar-refractivity contribution in [2.75, 3.05) is 6.54 Å². The second kappa shape index (κ2) is 7.40. The van der Waals surface area contributed by atoms with Gasteiger partial charge in [0, 0.05) is 23.7 Å². The van der Waals surface area contributed by atoms with E-state index in [2.05, 4.69) is 20.8 Å². The Hall–Kier alpha value is -3.06. The molecule has 2 heterocycles. The number of halogens is 1. The van der Waals surface area contributed by atoms with E-state index in [4.69, 9.17) is 0 Å². The van der Waals surface area contributed by atoms with Crippen LogP contribution in [0.25, 0.3) is 5.69 Å². The minimum Gasteiger partial charge on any atom is -0.345 e. The van der Waals surface area contributed by atoms with E-state index in [9.17, 15) is 9.18 Å². The molecule has 148 valence electrons. The van der Waals surface area contributed by atoms with E-state index in [1.165, 1.54) is 12.1 Å². The summed E-state index contributed by atoms with van der Waals surface area (Å²) in [6, 6.07) is 12.8. The lowest BCUT2D eigenvalue weighted by Gasteiger charge is -2.20. The fourth-order valence-electron chi connectivity index (χ4n) is 3.93. The number of aromatic nitrogens is 3. The number of rotatable bonds is 5. The lowest BCUT2D eigenvalue weighted by Crippen LogP contribution is -2.30. The fourth-order valence-corrected chi connectivity index (χ4v) is 3.93. The van der Waals surface area contributed by atoms with E-state index in [0.29, 0.717) is 23.9 Å². The molecule has 1 amide bonds. The van der Waals surface area contributed by atoms with Crippen LogP contribution in [0.5, 0.6) is 0 Å². The van der Waals surface area contributed by atoms with Crippen molar-refractivity contribution in [1.82, 2.24) is 25.4 Å². The highest BCUT2D eigenvalue weighted by Gasteiger charge is 2.31. The van der Waals surface area contributed by atoms with Crippen LogP contribution in [0, 0.1) is 5.82 Å². The maximum absolute atomic E-state index is 14.0. The van der Waals surface area contributed by atoms with Gasteiger partial charge in [0.2, 0.25) is 0 Å². The molecule has 1 aromatic heterocycles. The van der Waals surface area contributed by atoms with Crippen molar-refractivity contribution < 1.29 is 9.18 Å². The molecule has 0 radical (unpaired) electrons. The van der Waals surface area contributed by atoms with E-state index >= 15 is 0 Å². The van der Waals surface area contributed by atoms with Crippen molar-refractivity contribution in [3.05, 3.63) is 76.6 Å². The second-order valence-electron chi connectivity index (χ2n) is 7.62. The van der Waals surface area contributed by atoms with Crippen molar-refractivity contribution in [1.29, 1.82) is 0 Å². The Kier molecular flexibility index (Phi) is 4.60. The molecule has 5 rings (SSSR count). The molecule has 2 N–H and O–H groups in total. The summed E-state index contributed by atoms with van der Waals surface area (Å²) in [4.78, 5) is 12.9. The largest absolute Gasteiger partial charge is 0.345 e. The number of nitrogens with zero attached hydrogens (tertiary/aromatic N) is 3. The molecule has 7 heteroatoms. The molecule has 0 bridgehead atoms. The number of carbonyl (C=O) groups is 1. The highest BCUT2D eigenvalue weighted by atomic mass is 19.1. The van der Waals surface area contributed by atoms with Crippen molar-refractivity contribution in [2.24, 2.45) is 0 Å². The zero-order chi connectivity index (χ0) is 19.8. The van der Waals surface area contributed by atoms with Gasteiger partial charge in [0.1, 0.15) is 11.6 Å². The molecule has 1 saturated carbocycles. The maximum Gasteiger partial charge on any atom is 0.252 e. The zero-order valence-electron chi connectivity index (χ0n) is 16.0. The van der Waals surface area contributed by atoms with Crippen LogP contribution in [-0.4, -0.2) is 27.2 Å². The Morgan fingerprint density at radius 2 is 2.03 bits per heavy atom. The molecule has 6 nitrogen and oxygen atoms in total. The van der Waals surface area contributed by atoms with Gasteiger partial charge in [-0.25, -0.2) is 4.39 Å². The Balaban J connectivity index is 1.41. The Morgan fingerprint density at radius 1 is 1.21 bits per heavy atom. The number of fused-ring (bicyclic) bond motifs is 1. The number of hydrogen-bond donors (Lipinski definition) is 2. The first-order valence-electron chi connectivity index (χ1n) is 10.0. The molecule has 2 aliphatic rings. The molecule has 0 unspecified atom stereocenters. The van der Waals surface area contributed by atoms with Crippen molar-refractivity contribution in [3.63, 3.8) is 0 Å². The smallest absolute Gasteiger partial charge is 0.252 e. The van der Waals surface area contributed by atoms with E-state index in [1.807, 2.05) is 34.9 Å². The fraction of sp³-hybridized carbons (Fsp3) is 0.318. The predicted octanol–water partition coefficient (Wildman–Crippen LogP) is 2.86. The van der Waals surface area contributed by atoms with E-state index in [1.54, 1.807) is 0 Å². The van der Waals surface area contributed by atoms with Crippen LogP contribution in [0.4, 0.5) is 4.39 Å². The van der Waals surface area contributed by atoms with E-state index in [0.717, 1.165) is 48.4 Å². The summed E-state index contributed by atoms with van der Waals surface area (Å²) >= 11 is 0. The summed E-state index contributed by atoms with van der Waals surface area (Å²) in [5, 5.41) is 14.9. The summed E-state index contributed by atoms with van der Waals surface area (Å²) < 4.78 is 16.1. The van der Waals surface area contributed by atoms with Gasteiger partial charge < -0.3 is 10.6 Å². The van der Waals surface area contributed by atoms with E-state index in [-0.39, 0.29) is 18.3 Å². The van der Waals surface area contributed by atoms with Crippen LogP contribution in [0.1, 0.15) is 51.9 Å². The van der Waals surface area contributed by atoms with Crippen LogP contribution >= 0.6 is 0 Å². The molecule has 0 saturated heterocycles. The predicted molar refractivity (Wildman–Crippen MR) is 106 cm³/mol. The normalized spacial score (nSPS) is 15.8. The molecular formula is C22H22FN5O. The second-order valence-corrected chi connectivity index (χ2v) is 7.62. The van der Waals surface area contributed by atoms with Gasteiger partial charge in [0.15, 0.2) is 5.82 Å². The van der Waals surface area contributed by atoms with Gasteiger partial charge in [-0.2, -0.15) is 0 Å². The topological polar surface area (TPSA) is 71.8 Å². The average Bonchev–Trinajstić information content (AvgIpc) is 3.51. The summed E-state index contributed by atoms with van der Waals surface area (Å²) in [7, 11) is 0. The first kappa shape index (κ1) is 18.0. The quantitative estimate of drug-likeness (QED) is 0.702. The van der Waals surface area contributed by atoms with Crippen molar-refractivity contribution in [3.8, 4) is 5.69 Å². The minimum absolute atomic E-state index is 0.228. The molecule has 3 aromatic rings. The third-order valence-corrected chi connectivity index (χ3v) is 5.54. The van der Waals surface area contributed by atoms with Gasteiger partial charge >= 0.3 is 0 Å². The van der Waals surface area contributed by atoms with Gasteiger partial charge in [-0.3, -0.25) is 9.36 Å². The van der Waals surface area contributed by atoms with Gasteiger partial charge in [-0.1, -0.05) is 18.2 Å². The van der Waals surface area contributed by atoms with Crippen molar-refractivity contribution >= 4 is 5.91 Å². The molecule has 1 aliphatic heterocycles. The van der Waals surface area contributed by atoms with Crippen LogP contribution < -0.4 is 10.6 Å². The third kappa shape index (κ3) is 3.53. The lowest BCUT2D eigenvalue weighted by atomic mass is 9.95. The summed E-state index contributed by atoms with van der Waals surface area (Å²) in [5.41, 5.74) is 3.15. The number of carbonyl (C=O) groups excluding carboxylic acids is 1. The molecule has 2 aromatic carbocycles. The Morgan fingerprint density at radius 3 is 2.83 bits per heavy atom. The molecule has 0 atom stereocenters. The molecular weight excluding hydrogens is 369 g/mol. The van der Waals surface area contributed by atoms with Crippen LogP contribution in [-0.2, 0) is 19.5 Å². The number of hydrogen-bond acceptors (Lipinski definition) is 4. The first-order valence-corrected chi connectivity index (χ1v) is 10.0. The highest BCUT2D eigenvalue weighted by molar-refractivity contribution is 5.96. The third-order valence-electron chi connectivity index (χ3n) is 5.54. The summed E-state index contributed by atoms with van der Waals surface area (Å²) in [5.74, 6) is 1.37. The maximum atomic E-state index is 14.0. The number of amides is 1. The SMILES string of the molecule is O=C(NCc1nnc(C2CC2)n1-c1ccccc1)c1cc(F)cc2c1CNCC2. The molecule has 1 aliphatic carbocycles. The Labute approximate surface area is 168 Å². The standard InChI is InChI=1S/C22H22FN5O/c23-16-10-15-8-9-24-12-19(15)18(11-16)22(29)25-13-20-26-27-21(14-6-7-14)28(20)17-4-2-1-3-5-17/h1-5,10-11,14,24H,6-9,12-13H2,(H,25,29). The van der Waals surface area contributed by atoms with Crippen LogP contribution in [0.3, 0.4) is 0 Å². The molecule has 0 spiro atoms. The average molecular weight is 391 g/mol. The number of nitrogens with one attached hydrogen (secondary N) is 2. The highest BCUT2D eigenvalue weighted by Crippen LogP contribution is 2.40. The molecule has 1 fully saturated rings. The van der Waals surface area contributed by atoms with Gasteiger partial charge in [-0.05, 0) is 61.2 Å². The zero-order valence-corrected chi connectivity index (χ0v) is 16.0. The molecule has 29 heavy (non-hydrogen) atoms. The Bertz CT molecular complexity index is 1060. The summed E-state index contributed by atoms with van der Waals surface area (Å²) in [6.07, 6.45) is 2.94. The van der Waals surface area contributed by atoms with Gasteiger partial charge in [0.05, 0.1) is 6.54 Å². The minimum atomic E-state index is -0.376. The van der Waals surface area contributed by atoms with Crippen LogP contribution in [0.2, 0.25) is 0 Å². The lowest BCUT2D eigenvalue weighted by molar-refractivity contribution is 0.0947. The van der Waals surface area contributed by atoms with Gasteiger partial charge in [0.25, 0.3) is 5.91 Å².